The molecule has 8 nitrogen and oxygen atoms in total. The first-order valence-corrected chi connectivity index (χ1v) is 13.6. The Kier molecular flexibility index (Phi) is 6.09. The van der Waals surface area contributed by atoms with E-state index in [2.05, 4.69) is 61.0 Å². The summed E-state index contributed by atoms with van der Waals surface area (Å²) in [4.78, 5) is 26.9. The van der Waals surface area contributed by atoms with E-state index >= 15 is 0 Å². The molecule has 0 atom stereocenters. The van der Waals surface area contributed by atoms with Crippen LogP contribution in [0.2, 0.25) is 0 Å². The number of nitrogens with zero attached hydrogens (tertiary/aromatic N) is 5. The maximum atomic E-state index is 12.5. The number of fused-ring (bicyclic) bond motifs is 2. The van der Waals surface area contributed by atoms with E-state index < -0.39 is 0 Å². The highest BCUT2D eigenvalue weighted by Crippen LogP contribution is 2.33. The molecule has 0 saturated carbocycles. The molecule has 0 bridgehead atoms. The summed E-state index contributed by atoms with van der Waals surface area (Å²) < 4.78 is 2.12. The highest BCUT2D eigenvalue weighted by atomic mass is 16.1. The molecule has 6 aromatic rings. The highest BCUT2D eigenvalue weighted by Gasteiger charge is 2.23. The summed E-state index contributed by atoms with van der Waals surface area (Å²) in [7, 11) is 0. The van der Waals surface area contributed by atoms with Crippen LogP contribution >= 0.6 is 0 Å². The molecule has 1 aliphatic heterocycles. The molecule has 5 heterocycles. The lowest BCUT2D eigenvalue weighted by Gasteiger charge is -2.32. The van der Waals surface area contributed by atoms with Gasteiger partial charge >= 0.3 is 0 Å². The topological polar surface area (TPSA) is 106 Å². The zero-order chi connectivity index (χ0) is 27.1. The van der Waals surface area contributed by atoms with Crippen molar-refractivity contribution in [2.45, 2.75) is 25.4 Å². The second kappa shape index (κ2) is 10.1. The van der Waals surface area contributed by atoms with E-state index in [1.165, 1.54) is 5.56 Å². The smallest absolute Gasteiger partial charge is 0.257 e. The molecule has 4 aromatic heterocycles. The summed E-state index contributed by atoms with van der Waals surface area (Å²) in [5.74, 6) is 0.535. The number of H-pyrrole nitrogens is 1. The number of hydrogen-bond donors (Lipinski definition) is 2. The van der Waals surface area contributed by atoms with Gasteiger partial charge in [-0.05, 0) is 42.2 Å². The third-order valence-electron chi connectivity index (χ3n) is 7.93. The zero-order valence-corrected chi connectivity index (χ0v) is 22.0. The lowest BCUT2D eigenvalue weighted by Crippen LogP contribution is -2.34. The molecule has 0 unspecified atom stereocenters. The first-order chi connectivity index (χ1) is 19.6. The van der Waals surface area contributed by atoms with Crippen LogP contribution in [0.4, 0.5) is 5.82 Å². The van der Waals surface area contributed by atoms with Gasteiger partial charge in [0, 0.05) is 43.2 Å². The van der Waals surface area contributed by atoms with Crippen molar-refractivity contribution in [1.82, 2.24) is 29.6 Å². The normalized spacial score (nSPS) is 14.7. The minimum atomic E-state index is -0.130. The number of nitrogens with one attached hydrogen (secondary N) is 1. The molecule has 8 heteroatoms. The third-order valence-corrected chi connectivity index (χ3v) is 7.93. The fourth-order valence-electron chi connectivity index (χ4n) is 5.80. The highest BCUT2D eigenvalue weighted by molar-refractivity contribution is 5.91. The average Bonchev–Trinajstić information content (AvgIpc) is 3.44. The Morgan fingerprint density at radius 3 is 2.52 bits per heavy atom. The van der Waals surface area contributed by atoms with Crippen molar-refractivity contribution in [3.05, 3.63) is 107 Å². The fraction of sp³-hybridized carbons (Fsp3) is 0.188. The molecule has 2 aromatic carbocycles. The van der Waals surface area contributed by atoms with Gasteiger partial charge in [-0.2, -0.15) is 5.10 Å². The Labute approximate surface area is 231 Å². The lowest BCUT2D eigenvalue weighted by molar-refractivity contribution is 0.175. The predicted molar refractivity (Wildman–Crippen MR) is 159 cm³/mol. The Bertz CT molecular complexity index is 1870. The van der Waals surface area contributed by atoms with Crippen molar-refractivity contribution in [3.8, 4) is 22.4 Å². The molecule has 3 N–H and O–H groups in total. The van der Waals surface area contributed by atoms with Crippen molar-refractivity contribution in [1.29, 1.82) is 0 Å². The number of benzene rings is 2. The van der Waals surface area contributed by atoms with Gasteiger partial charge in [-0.1, -0.05) is 54.6 Å². The number of nitrogens with two attached hydrogens (primary N) is 1. The molecule has 40 heavy (non-hydrogen) atoms. The van der Waals surface area contributed by atoms with E-state index in [0.717, 1.165) is 65.8 Å². The second-order valence-corrected chi connectivity index (χ2v) is 10.4. The third kappa shape index (κ3) is 4.42. The van der Waals surface area contributed by atoms with Crippen LogP contribution in [0.15, 0.2) is 96.2 Å². The molecule has 198 valence electrons. The average molecular weight is 528 g/mol. The number of likely N-dealkylation sites (tertiary alicyclic amines) is 1. The summed E-state index contributed by atoms with van der Waals surface area (Å²) >= 11 is 0. The number of rotatable bonds is 5. The number of nitrogen functional groups attached to an aromatic ring is 1. The van der Waals surface area contributed by atoms with Crippen LogP contribution in [0.1, 0.15) is 24.4 Å². The van der Waals surface area contributed by atoms with E-state index in [-0.39, 0.29) is 5.56 Å². The summed E-state index contributed by atoms with van der Waals surface area (Å²) in [5.41, 5.74) is 12.8. The molecule has 1 saturated heterocycles. The van der Waals surface area contributed by atoms with Gasteiger partial charge in [-0.15, -0.1) is 0 Å². The molecule has 7 rings (SSSR count). The second-order valence-electron chi connectivity index (χ2n) is 10.4. The molecule has 1 fully saturated rings. The number of anilines is 1. The van der Waals surface area contributed by atoms with Gasteiger partial charge in [-0.25, -0.2) is 9.97 Å². The molecular formula is C32H29N7O. The maximum absolute atomic E-state index is 12.5. The summed E-state index contributed by atoms with van der Waals surface area (Å²) in [5, 5.41) is 6.15. The summed E-state index contributed by atoms with van der Waals surface area (Å²) in [6, 6.07) is 25.0. The van der Waals surface area contributed by atoms with Crippen molar-refractivity contribution in [2.24, 2.45) is 0 Å². The van der Waals surface area contributed by atoms with Crippen molar-refractivity contribution < 1.29 is 0 Å². The van der Waals surface area contributed by atoms with Crippen LogP contribution in [0.25, 0.3) is 44.2 Å². The Morgan fingerprint density at radius 2 is 1.73 bits per heavy atom. The molecular weight excluding hydrogens is 498 g/mol. The number of piperidine rings is 1. The Hall–Kier alpha value is -4.82. The van der Waals surface area contributed by atoms with E-state index in [4.69, 9.17) is 10.7 Å². The minimum absolute atomic E-state index is 0.130. The number of pyridine rings is 3. The van der Waals surface area contributed by atoms with Gasteiger partial charge in [0.25, 0.3) is 5.56 Å². The van der Waals surface area contributed by atoms with Gasteiger partial charge in [0.2, 0.25) is 0 Å². The molecule has 0 amide bonds. The molecule has 1 aliphatic rings. The van der Waals surface area contributed by atoms with E-state index in [1.807, 2.05) is 42.6 Å². The first kappa shape index (κ1) is 24.2. The SMILES string of the molecule is Nc1nccc2c1cnn2C1CCN(Cc2ccc(-c3nc4cc[nH]c(=O)c4cc3-c3ccccc3)cc2)CC1. The van der Waals surface area contributed by atoms with Gasteiger partial charge in [0.05, 0.1) is 39.7 Å². The zero-order valence-electron chi connectivity index (χ0n) is 22.0. The molecule has 0 aliphatic carbocycles. The van der Waals surface area contributed by atoms with Crippen molar-refractivity contribution in [3.63, 3.8) is 0 Å². The Balaban J connectivity index is 1.10. The first-order valence-electron chi connectivity index (χ1n) is 13.6. The lowest BCUT2D eigenvalue weighted by atomic mass is 9.97. The summed E-state index contributed by atoms with van der Waals surface area (Å²) in [6.07, 6.45) is 7.31. The van der Waals surface area contributed by atoms with Gasteiger partial charge in [-0.3, -0.25) is 14.4 Å². The number of hydrogen-bond acceptors (Lipinski definition) is 6. The van der Waals surface area contributed by atoms with E-state index in [0.29, 0.717) is 22.8 Å². The van der Waals surface area contributed by atoms with Crippen LogP contribution in [0.5, 0.6) is 0 Å². The van der Waals surface area contributed by atoms with Gasteiger partial charge < -0.3 is 10.7 Å². The van der Waals surface area contributed by atoms with Crippen molar-refractivity contribution in [2.75, 3.05) is 18.8 Å². The minimum Gasteiger partial charge on any atom is -0.383 e. The molecule has 0 radical (unpaired) electrons. The quantitative estimate of drug-likeness (QED) is 0.310. The van der Waals surface area contributed by atoms with Crippen LogP contribution < -0.4 is 11.3 Å². The standard InChI is InChI=1S/C32H29N7O/c33-31-27-19-36-39(29(27)11-15-34-31)24-12-16-38(17-13-24)20-21-6-8-23(9-7-21)30-25(22-4-2-1-3-5-22)18-26-28(37-30)10-14-35-32(26)40/h1-11,14-15,18-19,24H,12-13,16-17,20H2,(H2,33,34)(H,35,40). The van der Waals surface area contributed by atoms with E-state index in [1.54, 1.807) is 12.4 Å². The van der Waals surface area contributed by atoms with Crippen LogP contribution in [-0.2, 0) is 6.54 Å². The molecule has 0 spiro atoms. The maximum Gasteiger partial charge on any atom is 0.257 e. The summed E-state index contributed by atoms with van der Waals surface area (Å²) in [6.45, 7) is 2.91. The van der Waals surface area contributed by atoms with Gasteiger partial charge in [0.15, 0.2) is 0 Å². The van der Waals surface area contributed by atoms with Crippen LogP contribution in [-0.4, -0.2) is 42.7 Å². The van der Waals surface area contributed by atoms with E-state index in [9.17, 15) is 4.79 Å². The largest absolute Gasteiger partial charge is 0.383 e. The fourth-order valence-corrected chi connectivity index (χ4v) is 5.80. The van der Waals surface area contributed by atoms with Gasteiger partial charge in [0.1, 0.15) is 5.82 Å². The number of aromatic nitrogens is 5. The van der Waals surface area contributed by atoms with Crippen LogP contribution in [0, 0.1) is 0 Å². The number of aromatic amines is 1. The predicted octanol–water partition coefficient (Wildman–Crippen LogP) is 5.42. The monoisotopic (exact) mass is 527 g/mol. The Morgan fingerprint density at radius 1 is 0.925 bits per heavy atom. The van der Waals surface area contributed by atoms with Crippen LogP contribution in [0.3, 0.4) is 0 Å². The van der Waals surface area contributed by atoms with Crippen molar-refractivity contribution >= 4 is 27.6 Å².